The monoisotopic (exact) mass is 240 g/mol. The van der Waals surface area contributed by atoms with E-state index in [1.54, 1.807) is 20.1 Å². The third-order valence-electron chi connectivity index (χ3n) is 2.53. The van der Waals surface area contributed by atoms with Crippen molar-refractivity contribution in [1.82, 2.24) is 10.6 Å². The summed E-state index contributed by atoms with van der Waals surface area (Å²) in [6.07, 6.45) is 0. The van der Waals surface area contributed by atoms with Gasteiger partial charge >= 0.3 is 0 Å². The van der Waals surface area contributed by atoms with Crippen molar-refractivity contribution in [3.05, 3.63) is 35.1 Å². The van der Waals surface area contributed by atoms with E-state index in [9.17, 15) is 4.39 Å². The van der Waals surface area contributed by atoms with E-state index >= 15 is 0 Å². The second kappa shape index (κ2) is 8.17. The minimum Gasteiger partial charge on any atom is -0.383 e. The van der Waals surface area contributed by atoms with E-state index in [1.165, 1.54) is 0 Å². The van der Waals surface area contributed by atoms with E-state index in [1.807, 2.05) is 12.1 Å². The van der Waals surface area contributed by atoms with Gasteiger partial charge in [-0.2, -0.15) is 0 Å². The molecule has 1 rings (SSSR count). The summed E-state index contributed by atoms with van der Waals surface area (Å²) in [7, 11) is 1.69. The highest BCUT2D eigenvalue weighted by Gasteiger charge is 1.98. The molecule has 0 heterocycles. The molecule has 0 aliphatic carbocycles. The molecule has 0 aromatic heterocycles. The van der Waals surface area contributed by atoms with Crippen LogP contribution in [0.4, 0.5) is 4.39 Å². The fourth-order valence-electron chi connectivity index (χ4n) is 1.46. The van der Waals surface area contributed by atoms with Crippen LogP contribution in [0.1, 0.15) is 11.1 Å². The number of methoxy groups -OCH3 is 1. The van der Waals surface area contributed by atoms with Gasteiger partial charge in [-0.1, -0.05) is 12.1 Å². The van der Waals surface area contributed by atoms with E-state index in [-0.39, 0.29) is 5.82 Å². The summed E-state index contributed by atoms with van der Waals surface area (Å²) in [6.45, 7) is 5.80. The number of hydrogen-bond donors (Lipinski definition) is 2. The van der Waals surface area contributed by atoms with Crippen LogP contribution in [0.2, 0.25) is 0 Å². The summed E-state index contributed by atoms with van der Waals surface area (Å²) >= 11 is 0. The fourth-order valence-corrected chi connectivity index (χ4v) is 1.46. The Morgan fingerprint density at radius 2 is 1.94 bits per heavy atom. The number of rotatable bonds is 8. The molecule has 0 radical (unpaired) electrons. The first-order chi connectivity index (χ1) is 8.24. The van der Waals surface area contributed by atoms with Crippen molar-refractivity contribution in [2.24, 2.45) is 0 Å². The first-order valence-electron chi connectivity index (χ1n) is 5.89. The van der Waals surface area contributed by atoms with Crippen molar-refractivity contribution in [3.63, 3.8) is 0 Å². The average molecular weight is 240 g/mol. The van der Waals surface area contributed by atoms with Crippen molar-refractivity contribution < 1.29 is 9.13 Å². The molecule has 2 N–H and O–H groups in total. The molecule has 0 saturated heterocycles. The minimum atomic E-state index is -0.137. The Hall–Kier alpha value is -0.970. The Morgan fingerprint density at radius 3 is 2.65 bits per heavy atom. The predicted octanol–water partition coefficient (Wildman–Crippen LogP) is 1.46. The van der Waals surface area contributed by atoms with Gasteiger partial charge in [-0.05, 0) is 24.1 Å². The van der Waals surface area contributed by atoms with E-state index in [2.05, 4.69) is 10.6 Å². The van der Waals surface area contributed by atoms with E-state index in [4.69, 9.17) is 4.74 Å². The van der Waals surface area contributed by atoms with Crippen LogP contribution >= 0.6 is 0 Å². The lowest BCUT2D eigenvalue weighted by Gasteiger charge is -2.07. The zero-order chi connectivity index (χ0) is 12.5. The minimum absolute atomic E-state index is 0.137. The number of hydrogen-bond acceptors (Lipinski definition) is 3. The quantitative estimate of drug-likeness (QED) is 0.675. The molecule has 0 fully saturated rings. The largest absolute Gasteiger partial charge is 0.383 e. The molecule has 0 bridgehead atoms. The Bertz CT molecular complexity index is 331. The van der Waals surface area contributed by atoms with Gasteiger partial charge in [0.2, 0.25) is 0 Å². The lowest BCUT2D eigenvalue weighted by Crippen LogP contribution is -2.29. The van der Waals surface area contributed by atoms with Crippen molar-refractivity contribution in [3.8, 4) is 0 Å². The molecular formula is C13H21FN2O. The molecule has 3 nitrogen and oxygen atoms in total. The van der Waals surface area contributed by atoms with Crippen molar-refractivity contribution in [2.75, 3.05) is 33.4 Å². The summed E-state index contributed by atoms with van der Waals surface area (Å²) in [5.41, 5.74) is 1.67. The van der Waals surface area contributed by atoms with Crippen molar-refractivity contribution in [1.29, 1.82) is 0 Å². The number of aryl methyl sites for hydroxylation is 1. The first-order valence-corrected chi connectivity index (χ1v) is 5.89. The summed E-state index contributed by atoms with van der Waals surface area (Å²) in [4.78, 5) is 0. The highest BCUT2D eigenvalue weighted by Crippen LogP contribution is 2.08. The van der Waals surface area contributed by atoms with Crippen LogP contribution in [0.5, 0.6) is 0 Å². The van der Waals surface area contributed by atoms with Gasteiger partial charge in [-0.3, -0.25) is 0 Å². The third-order valence-corrected chi connectivity index (χ3v) is 2.53. The van der Waals surface area contributed by atoms with Crippen LogP contribution in [0.3, 0.4) is 0 Å². The van der Waals surface area contributed by atoms with Gasteiger partial charge in [0.05, 0.1) is 6.61 Å². The van der Waals surface area contributed by atoms with Gasteiger partial charge in [-0.15, -0.1) is 0 Å². The summed E-state index contributed by atoms with van der Waals surface area (Å²) in [5.74, 6) is -0.137. The number of benzene rings is 1. The maximum atomic E-state index is 13.2. The SMILES string of the molecule is COCCNCCNCc1ccc(C)c(F)c1. The Balaban J connectivity index is 2.11. The summed E-state index contributed by atoms with van der Waals surface area (Å²) in [6, 6.07) is 5.34. The molecule has 0 aliphatic heterocycles. The van der Waals surface area contributed by atoms with Crippen LogP contribution in [0.15, 0.2) is 18.2 Å². The zero-order valence-corrected chi connectivity index (χ0v) is 10.6. The smallest absolute Gasteiger partial charge is 0.126 e. The van der Waals surface area contributed by atoms with Crippen LogP contribution in [-0.4, -0.2) is 33.4 Å². The van der Waals surface area contributed by atoms with Gasteiger partial charge < -0.3 is 15.4 Å². The Labute approximate surface area is 102 Å². The molecule has 17 heavy (non-hydrogen) atoms. The molecule has 96 valence electrons. The molecule has 0 unspecified atom stereocenters. The van der Waals surface area contributed by atoms with Crippen LogP contribution < -0.4 is 10.6 Å². The fraction of sp³-hybridized carbons (Fsp3) is 0.538. The van der Waals surface area contributed by atoms with E-state index in [0.717, 1.165) is 31.8 Å². The van der Waals surface area contributed by atoms with E-state index < -0.39 is 0 Å². The summed E-state index contributed by atoms with van der Waals surface area (Å²) < 4.78 is 18.2. The van der Waals surface area contributed by atoms with Gasteiger partial charge in [0.15, 0.2) is 0 Å². The molecule has 4 heteroatoms. The van der Waals surface area contributed by atoms with Crippen LogP contribution in [0, 0.1) is 12.7 Å². The second-order valence-corrected chi connectivity index (χ2v) is 4.00. The highest BCUT2D eigenvalue weighted by molar-refractivity contribution is 5.23. The standard InChI is InChI=1S/C13H21FN2O/c1-11-3-4-12(9-13(11)14)10-16-6-5-15-7-8-17-2/h3-4,9,15-16H,5-8,10H2,1-2H3. The van der Waals surface area contributed by atoms with Crippen LogP contribution in [0.25, 0.3) is 0 Å². The normalized spacial score (nSPS) is 10.8. The number of nitrogens with one attached hydrogen (secondary N) is 2. The number of ether oxygens (including phenoxy) is 1. The molecule has 0 spiro atoms. The Kier molecular flexibility index (Phi) is 6.77. The first kappa shape index (κ1) is 14.1. The Morgan fingerprint density at radius 1 is 1.18 bits per heavy atom. The average Bonchev–Trinajstić information content (AvgIpc) is 2.32. The van der Waals surface area contributed by atoms with E-state index in [0.29, 0.717) is 12.1 Å². The molecule has 0 amide bonds. The molecule has 0 aliphatic rings. The lowest BCUT2D eigenvalue weighted by molar-refractivity contribution is 0.199. The van der Waals surface area contributed by atoms with Gasteiger partial charge in [0.1, 0.15) is 5.82 Å². The molecule has 0 atom stereocenters. The third kappa shape index (κ3) is 5.77. The van der Waals surface area contributed by atoms with Crippen molar-refractivity contribution in [2.45, 2.75) is 13.5 Å². The van der Waals surface area contributed by atoms with Gasteiger partial charge in [0.25, 0.3) is 0 Å². The predicted molar refractivity (Wildman–Crippen MR) is 67.6 cm³/mol. The maximum absolute atomic E-state index is 13.2. The molecule has 1 aromatic carbocycles. The second-order valence-electron chi connectivity index (χ2n) is 4.00. The lowest BCUT2D eigenvalue weighted by atomic mass is 10.1. The molecule has 0 saturated carbocycles. The molecular weight excluding hydrogens is 219 g/mol. The van der Waals surface area contributed by atoms with Crippen molar-refractivity contribution >= 4 is 0 Å². The summed E-state index contributed by atoms with van der Waals surface area (Å²) in [5, 5.41) is 6.49. The topological polar surface area (TPSA) is 33.3 Å². The maximum Gasteiger partial charge on any atom is 0.126 e. The highest BCUT2D eigenvalue weighted by atomic mass is 19.1. The van der Waals surface area contributed by atoms with Crippen LogP contribution in [-0.2, 0) is 11.3 Å². The van der Waals surface area contributed by atoms with Gasteiger partial charge in [-0.25, -0.2) is 4.39 Å². The number of halogens is 1. The molecule has 1 aromatic rings. The van der Waals surface area contributed by atoms with Gasteiger partial charge in [0, 0.05) is 33.3 Å². The zero-order valence-electron chi connectivity index (χ0n) is 10.6.